The van der Waals surface area contributed by atoms with Crippen LogP contribution in [0.5, 0.6) is 0 Å². The Balaban J connectivity index is 2.30. The fraction of sp³-hybridized carbons (Fsp3) is 0.308. The predicted octanol–water partition coefficient (Wildman–Crippen LogP) is 1.05. The maximum absolute atomic E-state index is 11.2. The van der Waals surface area contributed by atoms with Crippen molar-refractivity contribution >= 4 is 5.78 Å². The minimum absolute atomic E-state index is 0.336. The summed E-state index contributed by atoms with van der Waals surface area (Å²) < 4.78 is 0. The Hall–Kier alpha value is -1.59. The van der Waals surface area contributed by atoms with Crippen molar-refractivity contribution in [2.24, 2.45) is 5.73 Å². The van der Waals surface area contributed by atoms with E-state index in [4.69, 9.17) is 5.73 Å². The van der Waals surface area contributed by atoms with E-state index in [9.17, 15) is 4.79 Å². The number of fused-ring (bicyclic) bond motifs is 1. The lowest BCUT2D eigenvalue weighted by atomic mass is 9.90. The molecule has 1 aliphatic carbocycles. The van der Waals surface area contributed by atoms with E-state index in [2.05, 4.69) is 17.9 Å². The maximum atomic E-state index is 11.2. The van der Waals surface area contributed by atoms with Gasteiger partial charge in [-0.2, -0.15) is 0 Å². The van der Waals surface area contributed by atoms with Gasteiger partial charge in [0.2, 0.25) is 0 Å². The number of Topliss-reactive ketones (excluding diaryl/α,β-unsaturated/α-hetero) is 1. The average Bonchev–Trinajstić information content (AvgIpc) is 2.26. The third kappa shape index (κ3) is 2.26. The number of carbonyl (C=O) groups is 1. The minimum Gasteiger partial charge on any atom is -0.320 e. The Morgan fingerprint density at radius 1 is 1.27 bits per heavy atom. The van der Waals surface area contributed by atoms with E-state index in [1.807, 2.05) is 12.1 Å². The second kappa shape index (κ2) is 4.29. The summed E-state index contributed by atoms with van der Waals surface area (Å²) in [5, 5.41) is 0. The molecule has 0 amide bonds. The van der Waals surface area contributed by atoms with Gasteiger partial charge in [0.15, 0.2) is 0 Å². The van der Waals surface area contributed by atoms with E-state index in [1.165, 1.54) is 5.56 Å². The summed E-state index contributed by atoms with van der Waals surface area (Å²) in [4.78, 5) is 11.2. The van der Waals surface area contributed by atoms with Gasteiger partial charge in [-0.05, 0) is 29.7 Å². The van der Waals surface area contributed by atoms with Crippen molar-refractivity contribution in [3.63, 3.8) is 0 Å². The van der Waals surface area contributed by atoms with E-state index < -0.39 is 0 Å². The largest absolute Gasteiger partial charge is 0.320 e. The van der Waals surface area contributed by atoms with Crippen molar-refractivity contribution in [1.82, 2.24) is 0 Å². The molecule has 15 heavy (non-hydrogen) atoms. The first kappa shape index (κ1) is 9.95. The Morgan fingerprint density at radius 3 is 2.93 bits per heavy atom. The molecule has 76 valence electrons. The fourth-order valence-electron chi connectivity index (χ4n) is 1.84. The zero-order valence-electron chi connectivity index (χ0n) is 8.55. The summed E-state index contributed by atoms with van der Waals surface area (Å²) in [6.45, 7) is 0.384. The molecule has 0 unspecified atom stereocenters. The van der Waals surface area contributed by atoms with Crippen molar-refractivity contribution in [3.05, 3.63) is 34.9 Å². The van der Waals surface area contributed by atoms with Crippen LogP contribution in [-0.4, -0.2) is 12.3 Å². The van der Waals surface area contributed by atoms with Gasteiger partial charge in [-0.1, -0.05) is 17.9 Å². The molecule has 2 heteroatoms. The lowest BCUT2D eigenvalue weighted by Crippen LogP contribution is -2.13. The quantitative estimate of drug-likeness (QED) is 0.635. The molecule has 0 radical (unpaired) electrons. The van der Waals surface area contributed by atoms with Crippen molar-refractivity contribution in [3.8, 4) is 11.8 Å². The SMILES string of the molecule is NCC#Cc1ccc2c(c1)CCC(=O)C2. The Labute approximate surface area is 89.5 Å². The smallest absolute Gasteiger partial charge is 0.137 e. The normalized spacial score (nSPS) is 14.1. The summed E-state index contributed by atoms with van der Waals surface area (Å²) in [7, 11) is 0. The summed E-state index contributed by atoms with van der Waals surface area (Å²) in [6, 6.07) is 6.04. The number of aryl methyl sites for hydroxylation is 1. The monoisotopic (exact) mass is 199 g/mol. The second-order valence-corrected chi connectivity index (χ2v) is 3.70. The fourth-order valence-corrected chi connectivity index (χ4v) is 1.84. The molecule has 0 aliphatic heterocycles. The van der Waals surface area contributed by atoms with Crippen LogP contribution in [0.25, 0.3) is 0 Å². The van der Waals surface area contributed by atoms with E-state index in [-0.39, 0.29) is 0 Å². The van der Waals surface area contributed by atoms with Gasteiger partial charge in [0.1, 0.15) is 5.78 Å². The molecule has 0 aromatic heterocycles. The molecule has 0 bridgehead atoms. The van der Waals surface area contributed by atoms with Crippen LogP contribution in [0.3, 0.4) is 0 Å². The molecule has 1 aromatic rings. The average molecular weight is 199 g/mol. The van der Waals surface area contributed by atoms with E-state index >= 15 is 0 Å². The number of benzene rings is 1. The molecule has 0 saturated heterocycles. The number of nitrogens with two attached hydrogens (primary N) is 1. The molecular weight excluding hydrogens is 186 g/mol. The third-order valence-corrected chi connectivity index (χ3v) is 2.60. The standard InChI is InChI=1S/C13H13NO/c14-7-1-2-10-3-4-12-9-13(15)6-5-11(12)8-10/h3-4,8H,5-7,9,14H2. The van der Waals surface area contributed by atoms with Crippen LogP contribution in [0, 0.1) is 11.8 Å². The van der Waals surface area contributed by atoms with Crippen LogP contribution >= 0.6 is 0 Å². The molecule has 0 atom stereocenters. The highest BCUT2D eigenvalue weighted by molar-refractivity contribution is 5.83. The van der Waals surface area contributed by atoms with Crippen molar-refractivity contribution in [2.75, 3.05) is 6.54 Å². The van der Waals surface area contributed by atoms with Crippen LogP contribution in [0.15, 0.2) is 18.2 Å². The third-order valence-electron chi connectivity index (χ3n) is 2.60. The molecule has 0 fully saturated rings. The topological polar surface area (TPSA) is 43.1 Å². The molecule has 1 aliphatic rings. The first-order valence-electron chi connectivity index (χ1n) is 5.12. The Bertz CT molecular complexity index is 451. The van der Waals surface area contributed by atoms with Crippen molar-refractivity contribution in [1.29, 1.82) is 0 Å². The van der Waals surface area contributed by atoms with Crippen molar-refractivity contribution in [2.45, 2.75) is 19.3 Å². The highest BCUT2D eigenvalue weighted by Gasteiger charge is 2.14. The predicted molar refractivity (Wildman–Crippen MR) is 59.4 cm³/mol. The van der Waals surface area contributed by atoms with Gasteiger partial charge in [0.25, 0.3) is 0 Å². The lowest BCUT2D eigenvalue weighted by Gasteiger charge is -2.14. The van der Waals surface area contributed by atoms with Gasteiger partial charge >= 0.3 is 0 Å². The molecule has 2 nitrogen and oxygen atoms in total. The van der Waals surface area contributed by atoms with Crippen LogP contribution in [0.4, 0.5) is 0 Å². The Morgan fingerprint density at radius 2 is 2.13 bits per heavy atom. The maximum Gasteiger partial charge on any atom is 0.137 e. The van der Waals surface area contributed by atoms with Crippen LogP contribution in [0.1, 0.15) is 23.1 Å². The molecule has 1 aromatic carbocycles. The van der Waals surface area contributed by atoms with Gasteiger partial charge in [0.05, 0.1) is 6.54 Å². The molecule has 0 spiro atoms. The number of hydrogen-bond donors (Lipinski definition) is 1. The van der Waals surface area contributed by atoms with Crippen LogP contribution in [0.2, 0.25) is 0 Å². The number of rotatable bonds is 0. The van der Waals surface area contributed by atoms with E-state index in [0.717, 1.165) is 17.5 Å². The van der Waals surface area contributed by atoms with Crippen molar-refractivity contribution < 1.29 is 4.79 Å². The highest BCUT2D eigenvalue weighted by atomic mass is 16.1. The first-order chi connectivity index (χ1) is 7.29. The number of ketones is 1. The van der Waals surface area contributed by atoms with Crippen LogP contribution < -0.4 is 5.73 Å². The van der Waals surface area contributed by atoms with E-state index in [0.29, 0.717) is 25.2 Å². The van der Waals surface area contributed by atoms with Crippen LogP contribution in [-0.2, 0) is 17.6 Å². The van der Waals surface area contributed by atoms with Gasteiger partial charge in [-0.25, -0.2) is 0 Å². The molecule has 0 heterocycles. The molecule has 2 rings (SSSR count). The molecular formula is C13H13NO. The number of hydrogen-bond acceptors (Lipinski definition) is 2. The summed E-state index contributed by atoms with van der Waals surface area (Å²) in [6.07, 6.45) is 2.10. The van der Waals surface area contributed by atoms with Gasteiger partial charge in [-0.3, -0.25) is 4.79 Å². The van der Waals surface area contributed by atoms with Gasteiger partial charge in [-0.15, -0.1) is 0 Å². The summed E-state index contributed by atoms with van der Waals surface area (Å²) in [5.41, 5.74) is 8.73. The molecule has 2 N–H and O–H groups in total. The summed E-state index contributed by atoms with van der Waals surface area (Å²) >= 11 is 0. The summed E-state index contributed by atoms with van der Waals surface area (Å²) in [5.74, 6) is 6.17. The lowest BCUT2D eigenvalue weighted by molar-refractivity contribution is -0.118. The first-order valence-corrected chi connectivity index (χ1v) is 5.12. The minimum atomic E-state index is 0.336. The Kier molecular flexibility index (Phi) is 2.84. The van der Waals surface area contributed by atoms with E-state index in [1.54, 1.807) is 0 Å². The zero-order valence-corrected chi connectivity index (χ0v) is 8.55. The second-order valence-electron chi connectivity index (χ2n) is 3.70. The highest BCUT2D eigenvalue weighted by Crippen LogP contribution is 2.20. The molecule has 0 saturated carbocycles. The number of carbonyl (C=O) groups excluding carboxylic acids is 1. The van der Waals surface area contributed by atoms with Gasteiger partial charge in [0, 0.05) is 18.4 Å². The van der Waals surface area contributed by atoms with Gasteiger partial charge < -0.3 is 5.73 Å². The zero-order chi connectivity index (χ0) is 10.7.